The molecule has 0 unspecified atom stereocenters. The summed E-state index contributed by atoms with van der Waals surface area (Å²) in [6.07, 6.45) is 0. The molecule has 2 rings (SSSR count). The van der Waals surface area contributed by atoms with E-state index in [1.807, 2.05) is 0 Å². The summed E-state index contributed by atoms with van der Waals surface area (Å²) in [6.45, 7) is 0.396. The van der Waals surface area contributed by atoms with Gasteiger partial charge in [-0.25, -0.2) is 4.39 Å². The normalized spacial score (nSPS) is 10.3. The molecule has 0 saturated carbocycles. The van der Waals surface area contributed by atoms with Crippen molar-refractivity contribution in [3.05, 3.63) is 52.8 Å². The summed E-state index contributed by atoms with van der Waals surface area (Å²) in [4.78, 5) is 0. The van der Waals surface area contributed by atoms with Gasteiger partial charge in [0.15, 0.2) is 11.6 Å². The van der Waals surface area contributed by atoms with E-state index in [0.717, 1.165) is 5.56 Å². The minimum Gasteiger partial charge on any atom is -0.505 e. The third-order valence-electron chi connectivity index (χ3n) is 2.71. The summed E-state index contributed by atoms with van der Waals surface area (Å²) in [5.41, 5.74) is 1.34. The smallest absolute Gasteiger partial charge is 0.166 e. The van der Waals surface area contributed by atoms with E-state index in [4.69, 9.17) is 21.4 Å². The van der Waals surface area contributed by atoms with Crippen LogP contribution in [0.4, 0.5) is 10.1 Å². The van der Waals surface area contributed by atoms with E-state index in [9.17, 15) is 4.39 Å². The molecule has 0 spiro atoms. The third kappa shape index (κ3) is 3.09. The van der Waals surface area contributed by atoms with Gasteiger partial charge in [-0.1, -0.05) is 17.7 Å². The van der Waals surface area contributed by atoms with E-state index in [2.05, 4.69) is 5.32 Å². The van der Waals surface area contributed by atoms with Crippen LogP contribution in [0, 0.1) is 5.82 Å². The molecule has 0 fully saturated rings. The molecule has 0 saturated heterocycles. The average molecular weight is 282 g/mol. The number of hydrogen-bond donors (Lipinski definition) is 2. The number of nitrogens with one attached hydrogen (secondary N) is 1. The van der Waals surface area contributed by atoms with Crippen LogP contribution in [-0.2, 0) is 6.54 Å². The molecule has 0 aliphatic carbocycles. The maximum Gasteiger partial charge on any atom is 0.166 e. The fourth-order valence-corrected chi connectivity index (χ4v) is 1.94. The molecule has 0 heterocycles. The van der Waals surface area contributed by atoms with Gasteiger partial charge in [0.25, 0.3) is 0 Å². The zero-order valence-corrected chi connectivity index (χ0v) is 11.0. The quantitative estimate of drug-likeness (QED) is 0.838. The van der Waals surface area contributed by atoms with Gasteiger partial charge in [-0.05, 0) is 24.3 Å². The predicted molar refractivity (Wildman–Crippen MR) is 73.4 cm³/mol. The van der Waals surface area contributed by atoms with E-state index in [1.54, 1.807) is 31.4 Å². The minimum atomic E-state index is -0.670. The standard InChI is InChI=1S/C14H13ClFNO2/c1-19-14-4-2-3-11(15)10(14)8-17-9-5-6-13(18)12(16)7-9/h2-7,17-18H,8H2,1H3. The molecular formula is C14H13ClFNO2. The van der Waals surface area contributed by atoms with Gasteiger partial charge in [0.05, 0.1) is 7.11 Å². The molecule has 0 bridgehead atoms. The lowest BCUT2D eigenvalue weighted by Crippen LogP contribution is -2.02. The van der Waals surface area contributed by atoms with Crippen molar-refractivity contribution in [3.63, 3.8) is 0 Å². The number of anilines is 1. The average Bonchev–Trinajstić information content (AvgIpc) is 2.41. The highest BCUT2D eigenvalue weighted by atomic mass is 35.5. The van der Waals surface area contributed by atoms with Gasteiger partial charge in [0.2, 0.25) is 0 Å². The SMILES string of the molecule is COc1cccc(Cl)c1CNc1ccc(O)c(F)c1. The van der Waals surface area contributed by atoms with Gasteiger partial charge in [0, 0.05) is 28.9 Å². The molecule has 0 amide bonds. The molecule has 5 heteroatoms. The van der Waals surface area contributed by atoms with E-state index >= 15 is 0 Å². The maximum absolute atomic E-state index is 13.2. The second kappa shape index (κ2) is 5.80. The zero-order chi connectivity index (χ0) is 13.8. The fraction of sp³-hybridized carbons (Fsp3) is 0.143. The van der Waals surface area contributed by atoms with Crippen molar-refractivity contribution in [1.29, 1.82) is 0 Å². The first kappa shape index (κ1) is 13.5. The summed E-state index contributed by atoms with van der Waals surface area (Å²) in [5, 5.41) is 12.7. The molecule has 100 valence electrons. The lowest BCUT2D eigenvalue weighted by atomic mass is 10.2. The monoisotopic (exact) mass is 281 g/mol. The van der Waals surface area contributed by atoms with Crippen molar-refractivity contribution in [2.24, 2.45) is 0 Å². The Morgan fingerprint density at radius 3 is 2.79 bits per heavy atom. The van der Waals surface area contributed by atoms with Crippen LogP contribution < -0.4 is 10.1 Å². The van der Waals surface area contributed by atoms with Crippen molar-refractivity contribution in [2.45, 2.75) is 6.54 Å². The molecule has 0 radical (unpaired) electrons. The summed E-state index contributed by atoms with van der Waals surface area (Å²) >= 11 is 6.10. The Morgan fingerprint density at radius 2 is 2.11 bits per heavy atom. The van der Waals surface area contributed by atoms with Crippen LogP contribution in [0.1, 0.15) is 5.56 Å². The summed E-state index contributed by atoms with van der Waals surface area (Å²) in [5.74, 6) is -0.378. The predicted octanol–water partition coefficient (Wildman–Crippen LogP) is 3.81. The lowest BCUT2D eigenvalue weighted by molar-refractivity contribution is 0.410. The van der Waals surface area contributed by atoms with Gasteiger partial charge in [-0.2, -0.15) is 0 Å². The Morgan fingerprint density at radius 1 is 1.32 bits per heavy atom. The molecular weight excluding hydrogens is 269 g/mol. The highest BCUT2D eigenvalue weighted by Crippen LogP contribution is 2.27. The number of ether oxygens (including phenoxy) is 1. The molecule has 2 aromatic rings. The van der Waals surface area contributed by atoms with Gasteiger partial charge in [0.1, 0.15) is 5.75 Å². The van der Waals surface area contributed by atoms with Crippen molar-refractivity contribution >= 4 is 17.3 Å². The first-order chi connectivity index (χ1) is 9.11. The third-order valence-corrected chi connectivity index (χ3v) is 3.07. The summed E-state index contributed by atoms with van der Waals surface area (Å²) < 4.78 is 18.4. The number of benzene rings is 2. The second-order valence-corrected chi connectivity index (χ2v) is 4.35. The van der Waals surface area contributed by atoms with E-state index in [0.29, 0.717) is 23.0 Å². The Kier molecular flexibility index (Phi) is 4.12. The molecule has 0 aliphatic heterocycles. The van der Waals surface area contributed by atoms with Crippen LogP contribution in [0.2, 0.25) is 5.02 Å². The number of methoxy groups -OCH3 is 1. The number of hydrogen-bond acceptors (Lipinski definition) is 3. The Labute approximate surface area is 115 Å². The van der Waals surface area contributed by atoms with Crippen molar-refractivity contribution in [1.82, 2.24) is 0 Å². The summed E-state index contributed by atoms with van der Waals surface area (Å²) in [7, 11) is 1.56. The van der Waals surface area contributed by atoms with E-state index in [-0.39, 0.29) is 5.75 Å². The van der Waals surface area contributed by atoms with Gasteiger partial charge < -0.3 is 15.2 Å². The minimum absolute atomic E-state index is 0.374. The lowest BCUT2D eigenvalue weighted by Gasteiger charge is -2.12. The number of aromatic hydroxyl groups is 1. The van der Waals surface area contributed by atoms with Crippen LogP contribution in [-0.4, -0.2) is 12.2 Å². The van der Waals surface area contributed by atoms with Crippen molar-refractivity contribution in [2.75, 3.05) is 12.4 Å². The number of phenols is 1. The first-order valence-electron chi connectivity index (χ1n) is 5.65. The number of rotatable bonds is 4. The molecule has 2 N–H and O–H groups in total. The van der Waals surface area contributed by atoms with Crippen molar-refractivity contribution in [3.8, 4) is 11.5 Å². The second-order valence-electron chi connectivity index (χ2n) is 3.94. The highest BCUT2D eigenvalue weighted by molar-refractivity contribution is 6.31. The first-order valence-corrected chi connectivity index (χ1v) is 6.03. The largest absolute Gasteiger partial charge is 0.505 e. The molecule has 2 aromatic carbocycles. The molecule has 0 aliphatic rings. The fourth-order valence-electron chi connectivity index (χ4n) is 1.71. The van der Waals surface area contributed by atoms with Crippen LogP contribution in [0.25, 0.3) is 0 Å². The van der Waals surface area contributed by atoms with Crippen LogP contribution in [0.3, 0.4) is 0 Å². The molecule has 3 nitrogen and oxygen atoms in total. The van der Waals surface area contributed by atoms with Crippen LogP contribution in [0.15, 0.2) is 36.4 Å². The van der Waals surface area contributed by atoms with Gasteiger partial charge >= 0.3 is 0 Å². The van der Waals surface area contributed by atoms with Gasteiger partial charge in [-0.15, -0.1) is 0 Å². The Hall–Kier alpha value is -1.94. The van der Waals surface area contributed by atoms with E-state index in [1.165, 1.54) is 12.1 Å². The number of phenolic OH excluding ortho intramolecular Hbond substituents is 1. The Balaban J connectivity index is 2.16. The molecule has 0 atom stereocenters. The summed E-state index contributed by atoms with van der Waals surface area (Å²) in [6, 6.07) is 9.46. The number of halogens is 2. The Bertz CT molecular complexity index is 590. The topological polar surface area (TPSA) is 41.5 Å². The maximum atomic E-state index is 13.2. The van der Waals surface area contributed by atoms with Crippen molar-refractivity contribution < 1.29 is 14.2 Å². The zero-order valence-electron chi connectivity index (χ0n) is 10.3. The van der Waals surface area contributed by atoms with Gasteiger partial charge in [-0.3, -0.25) is 0 Å². The van der Waals surface area contributed by atoms with Crippen LogP contribution >= 0.6 is 11.6 Å². The highest BCUT2D eigenvalue weighted by Gasteiger charge is 2.08. The molecule has 0 aromatic heterocycles. The van der Waals surface area contributed by atoms with Crippen LogP contribution in [0.5, 0.6) is 11.5 Å². The molecule has 19 heavy (non-hydrogen) atoms. The van der Waals surface area contributed by atoms with E-state index < -0.39 is 5.82 Å².